The molecule has 78 valence electrons. The van der Waals surface area contributed by atoms with Crippen LogP contribution in [0.3, 0.4) is 0 Å². The summed E-state index contributed by atoms with van der Waals surface area (Å²) < 4.78 is 4.79. The zero-order valence-corrected chi connectivity index (χ0v) is 7.02. The molecule has 1 aliphatic heterocycles. The van der Waals surface area contributed by atoms with Crippen LogP contribution in [0.1, 0.15) is 0 Å². The van der Waals surface area contributed by atoms with Crippen molar-refractivity contribution in [2.75, 3.05) is 6.61 Å². The van der Waals surface area contributed by atoms with Crippen LogP contribution in [-0.2, 0) is 9.53 Å². The number of carboxylic acid groups (broad SMARTS) is 1. The molecule has 1 aliphatic rings. The summed E-state index contributed by atoms with van der Waals surface area (Å²) in [6.07, 6.45) is -3.72. The average Bonchev–Trinajstić information content (AvgIpc) is 2.45. The Morgan fingerprint density at radius 1 is 1.64 bits per heavy atom. The maximum Gasteiger partial charge on any atom is 0.333 e. The maximum absolute atomic E-state index is 10.6. The number of aliphatic hydroxyl groups is 2. The van der Waals surface area contributed by atoms with Crippen LogP contribution in [0.25, 0.3) is 10.4 Å². The lowest BCUT2D eigenvalue weighted by molar-refractivity contribution is -0.150. The number of carbonyl (C=O) groups is 1. The van der Waals surface area contributed by atoms with Gasteiger partial charge < -0.3 is 20.1 Å². The van der Waals surface area contributed by atoms with Gasteiger partial charge in [-0.25, -0.2) is 4.79 Å². The summed E-state index contributed by atoms with van der Waals surface area (Å²) in [6.45, 7) is -0.525. The van der Waals surface area contributed by atoms with Gasteiger partial charge in [0.25, 0.3) is 0 Å². The van der Waals surface area contributed by atoms with Gasteiger partial charge in [-0.1, -0.05) is 5.11 Å². The molecule has 0 radical (unpaired) electrons. The fraction of sp³-hybridized carbons (Fsp3) is 0.833. The van der Waals surface area contributed by atoms with E-state index in [0.29, 0.717) is 0 Å². The first-order valence-electron chi connectivity index (χ1n) is 3.83. The highest BCUT2D eigenvalue weighted by molar-refractivity contribution is 5.74. The molecule has 8 nitrogen and oxygen atoms in total. The molecule has 0 aromatic carbocycles. The normalized spacial score (nSPS) is 36.4. The third kappa shape index (κ3) is 1.78. The standard InChI is InChI=1S/C6H9N3O5/c7-9-8-3-4(11)2(1-10)14-5(3)6(12)13/h2-5,10-11H,1H2,(H,12,13)/t2-,3-,4-,5+/m1/s1. The number of nitrogens with zero attached hydrogens (tertiary/aromatic N) is 3. The molecule has 0 unspecified atom stereocenters. The Balaban J connectivity index is 2.86. The molecule has 0 aromatic rings. The van der Waals surface area contributed by atoms with E-state index in [-0.39, 0.29) is 0 Å². The van der Waals surface area contributed by atoms with Crippen LogP contribution in [0.15, 0.2) is 5.11 Å². The minimum Gasteiger partial charge on any atom is -0.479 e. The van der Waals surface area contributed by atoms with Crippen molar-refractivity contribution >= 4 is 5.97 Å². The van der Waals surface area contributed by atoms with Crippen LogP contribution in [0.2, 0.25) is 0 Å². The summed E-state index contributed by atoms with van der Waals surface area (Å²) in [5, 5.41) is 29.9. The summed E-state index contributed by atoms with van der Waals surface area (Å²) in [5.74, 6) is -1.34. The molecule has 0 amide bonds. The van der Waals surface area contributed by atoms with Crippen molar-refractivity contribution in [1.82, 2.24) is 0 Å². The highest BCUT2D eigenvalue weighted by atomic mass is 16.6. The van der Waals surface area contributed by atoms with Gasteiger partial charge in [0.1, 0.15) is 12.1 Å². The number of aliphatic carboxylic acids is 1. The zero-order chi connectivity index (χ0) is 10.7. The molecule has 0 bridgehead atoms. The van der Waals surface area contributed by atoms with E-state index in [1.165, 1.54) is 0 Å². The molecule has 3 N–H and O–H groups in total. The monoisotopic (exact) mass is 203 g/mol. The van der Waals surface area contributed by atoms with Crippen molar-refractivity contribution in [2.24, 2.45) is 5.11 Å². The van der Waals surface area contributed by atoms with Gasteiger partial charge >= 0.3 is 5.97 Å². The van der Waals surface area contributed by atoms with Gasteiger partial charge in [-0.05, 0) is 5.53 Å². The van der Waals surface area contributed by atoms with E-state index in [0.717, 1.165) is 0 Å². The molecule has 1 saturated heterocycles. The molecule has 1 heterocycles. The number of azide groups is 1. The zero-order valence-electron chi connectivity index (χ0n) is 7.02. The summed E-state index contributed by atoms with van der Waals surface area (Å²) in [7, 11) is 0. The molecule has 4 atom stereocenters. The van der Waals surface area contributed by atoms with Crippen LogP contribution in [-0.4, -0.2) is 52.2 Å². The Morgan fingerprint density at radius 2 is 2.29 bits per heavy atom. The average molecular weight is 203 g/mol. The molecule has 1 rings (SSSR count). The van der Waals surface area contributed by atoms with Gasteiger partial charge in [-0.3, -0.25) is 0 Å². The predicted molar refractivity (Wildman–Crippen MR) is 42.3 cm³/mol. The molecule has 0 aromatic heterocycles. The van der Waals surface area contributed by atoms with Gasteiger partial charge in [0.2, 0.25) is 0 Å². The van der Waals surface area contributed by atoms with E-state index in [2.05, 4.69) is 10.0 Å². The second-order valence-corrected chi connectivity index (χ2v) is 2.80. The molecular weight excluding hydrogens is 194 g/mol. The van der Waals surface area contributed by atoms with E-state index in [9.17, 15) is 9.90 Å². The quantitative estimate of drug-likeness (QED) is 0.303. The van der Waals surface area contributed by atoms with Crippen molar-refractivity contribution in [2.45, 2.75) is 24.4 Å². The van der Waals surface area contributed by atoms with Crippen LogP contribution < -0.4 is 0 Å². The predicted octanol–water partition coefficient (Wildman–Crippen LogP) is -1.13. The van der Waals surface area contributed by atoms with Crippen LogP contribution in [0.4, 0.5) is 0 Å². The number of aliphatic hydroxyl groups excluding tert-OH is 2. The van der Waals surface area contributed by atoms with Crippen LogP contribution in [0, 0.1) is 0 Å². The lowest BCUT2D eigenvalue weighted by atomic mass is 10.1. The molecule has 0 aliphatic carbocycles. The fourth-order valence-electron chi connectivity index (χ4n) is 1.29. The highest BCUT2D eigenvalue weighted by Gasteiger charge is 2.46. The molecule has 1 fully saturated rings. The van der Waals surface area contributed by atoms with Gasteiger partial charge in [-0.15, -0.1) is 0 Å². The first-order valence-corrected chi connectivity index (χ1v) is 3.83. The Kier molecular flexibility index (Phi) is 3.26. The topological polar surface area (TPSA) is 136 Å². The molecule has 14 heavy (non-hydrogen) atoms. The lowest BCUT2D eigenvalue weighted by Crippen LogP contribution is -2.35. The van der Waals surface area contributed by atoms with E-state index in [4.69, 9.17) is 20.5 Å². The van der Waals surface area contributed by atoms with E-state index < -0.39 is 36.9 Å². The molecular formula is C6H9N3O5. The Labute approximate surface area is 78.3 Å². The van der Waals surface area contributed by atoms with E-state index >= 15 is 0 Å². The smallest absolute Gasteiger partial charge is 0.333 e. The molecule has 0 saturated carbocycles. The minimum atomic E-state index is -1.40. The van der Waals surface area contributed by atoms with Crippen molar-refractivity contribution in [3.8, 4) is 0 Å². The number of hydrogen-bond donors (Lipinski definition) is 3. The van der Waals surface area contributed by atoms with Crippen molar-refractivity contribution < 1.29 is 24.9 Å². The lowest BCUT2D eigenvalue weighted by Gasteiger charge is -2.10. The Hall–Kier alpha value is -1.34. The first kappa shape index (κ1) is 10.7. The summed E-state index contributed by atoms with van der Waals surface area (Å²) in [4.78, 5) is 13.0. The second kappa shape index (κ2) is 4.25. The van der Waals surface area contributed by atoms with Crippen LogP contribution >= 0.6 is 0 Å². The fourth-order valence-corrected chi connectivity index (χ4v) is 1.29. The Bertz CT molecular complexity index is 277. The molecule has 8 heteroatoms. The molecule has 0 spiro atoms. The van der Waals surface area contributed by atoms with Crippen molar-refractivity contribution in [3.05, 3.63) is 10.4 Å². The largest absolute Gasteiger partial charge is 0.479 e. The summed E-state index contributed by atoms with van der Waals surface area (Å²) >= 11 is 0. The van der Waals surface area contributed by atoms with Crippen molar-refractivity contribution in [1.29, 1.82) is 0 Å². The third-order valence-electron chi connectivity index (χ3n) is 1.97. The number of hydrogen-bond acceptors (Lipinski definition) is 5. The highest BCUT2D eigenvalue weighted by Crippen LogP contribution is 2.24. The number of rotatable bonds is 3. The summed E-state index contributed by atoms with van der Waals surface area (Å²) in [6, 6.07) is -1.20. The Morgan fingerprint density at radius 3 is 2.71 bits per heavy atom. The first-order chi connectivity index (χ1) is 6.61. The van der Waals surface area contributed by atoms with E-state index in [1.54, 1.807) is 0 Å². The number of ether oxygens (including phenoxy) is 1. The van der Waals surface area contributed by atoms with E-state index in [1.807, 2.05) is 0 Å². The van der Waals surface area contributed by atoms with Crippen LogP contribution in [0.5, 0.6) is 0 Å². The van der Waals surface area contributed by atoms with Gasteiger partial charge in [0, 0.05) is 4.91 Å². The second-order valence-electron chi connectivity index (χ2n) is 2.80. The summed E-state index contributed by atoms with van der Waals surface area (Å²) in [5.41, 5.74) is 8.14. The van der Waals surface area contributed by atoms with Gasteiger partial charge in [0.05, 0.1) is 12.7 Å². The maximum atomic E-state index is 10.6. The third-order valence-corrected chi connectivity index (χ3v) is 1.97. The van der Waals surface area contributed by atoms with Gasteiger partial charge in [-0.2, -0.15) is 0 Å². The SMILES string of the molecule is [N-]=[N+]=N[C@@H]1[C@H](O)[C@@H](CO)O[C@@H]1C(=O)O. The van der Waals surface area contributed by atoms with Gasteiger partial charge in [0.15, 0.2) is 6.10 Å². The minimum absolute atomic E-state index is 0.525. The van der Waals surface area contributed by atoms with Crippen molar-refractivity contribution in [3.63, 3.8) is 0 Å². The number of carboxylic acids is 1.